The van der Waals surface area contributed by atoms with E-state index >= 15 is 0 Å². The van der Waals surface area contributed by atoms with Gasteiger partial charge in [0.05, 0.1) is 24.5 Å². The van der Waals surface area contributed by atoms with Gasteiger partial charge in [0.1, 0.15) is 29.2 Å². The molecule has 0 saturated carbocycles. The molecule has 29 heavy (non-hydrogen) atoms. The Kier molecular flexibility index (Phi) is 4.13. The minimum Gasteiger partial charge on any atom is -0.484 e. The lowest BCUT2D eigenvalue weighted by molar-refractivity contribution is 0.177. The summed E-state index contributed by atoms with van der Waals surface area (Å²) in [5.41, 5.74) is 3.88. The number of benzene rings is 1. The van der Waals surface area contributed by atoms with Crippen molar-refractivity contribution in [2.24, 2.45) is 0 Å². The van der Waals surface area contributed by atoms with Crippen LogP contribution in [0.5, 0.6) is 11.6 Å². The van der Waals surface area contributed by atoms with Crippen molar-refractivity contribution in [1.29, 1.82) is 5.26 Å². The minimum atomic E-state index is -0.210. The standard InChI is InChI=1S/C21H17N5O3/c1-27-21-13(9-22)7-12-3-2-4-17(19(12)24-21)29-14-5-6-16-15(8-14)20(26-25-16)18-10-23-11-28-18/h5-8,10-11,17H,2-4H2,1H3,(H,25,26)/t17-/m1/s1. The highest BCUT2D eigenvalue weighted by atomic mass is 16.5. The van der Waals surface area contributed by atoms with E-state index < -0.39 is 0 Å². The monoisotopic (exact) mass is 387 g/mol. The van der Waals surface area contributed by atoms with Crippen molar-refractivity contribution in [3.05, 3.63) is 53.7 Å². The van der Waals surface area contributed by atoms with Crippen LogP contribution in [0, 0.1) is 11.3 Å². The van der Waals surface area contributed by atoms with Crippen LogP contribution in [-0.4, -0.2) is 27.3 Å². The van der Waals surface area contributed by atoms with Crippen LogP contribution in [0.4, 0.5) is 0 Å². The number of fused-ring (bicyclic) bond motifs is 2. The first-order chi connectivity index (χ1) is 14.3. The van der Waals surface area contributed by atoms with Gasteiger partial charge in [-0.1, -0.05) is 0 Å². The van der Waals surface area contributed by atoms with E-state index in [4.69, 9.17) is 13.9 Å². The molecular weight excluding hydrogens is 370 g/mol. The zero-order valence-electron chi connectivity index (χ0n) is 15.7. The fourth-order valence-corrected chi connectivity index (χ4v) is 3.75. The number of methoxy groups -OCH3 is 1. The van der Waals surface area contributed by atoms with E-state index in [-0.39, 0.29) is 6.10 Å². The third kappa shape index (κ3) is 2.97. The van der Waals surface area contributed by atoms with Gasteiger partial charge in [0.2, 0.25) is 5.88 Å². The molecule has 3 aromatic heterocycles. The number of nitrogens with one attached hydrogen (secondary N) is 1. The second-order valence-corrected chi connectivity index (χ2v) is 6.85. The molecule has 1 atom stereocenters. The van der Waals surface area contributed by atoms with Crippen LogP contribution in [0.15, 0.2) is 41.3 Å². The smallest absolute Gasteiger partial charge is 0.231 e. The zero-order chi connectivity index (χ0) is 19.8. The van der Waals surface area contributed by atoms with Gasteiger partial charge in [0.15, 0.2) is 12.2 Å². The van der Waals surface area contributed by atoms with Gasteiger partial charge in [-0.05, 0) is 49.1 Å². The van der Waals surface area contributed by atoms with E-state index in [0.717, 1.165) is 41.4 Å². The molecule has 1 aromatic carbocycles. The first-order valence-corrected chi connectivity index (χ1v) is 9.28. The summed E-state index contributed by atoms with van der Waals surface area (Å²) < 4.78 is 17.0. The summed E-state index contributed by atoms with van der Waals surface area (Å²) in [7, 11) is 1.52. The lowest BCUT2D eigenvalue weighted by Crippen LogP contribution is -2.18. The molecule has 0 saturated heterocycles. The molecule has 0 amide bonds. The van der Waals surface area contributed by atoms with Crippen LogP contribution < -0.4 is 9.47 Å². The van der Waals surface area contributed by atoms with Crippen LogP contribution in [0.1, 0.15) is 35.8 Å². The average molecular weight is 387 g/mol. The highest BCUT2D eigenvalue weighted by molar-refractivity contribution is 5.92. The number of nitriles is 1. The lowest BCUT2D eigenvalue weighted by Gasteiger charge is -2.26. The number of pyridine rings is 1. The fourth-order valence-electron chi connectivity index (χ4n) is 3.75. The Morgan fingerprint density at radius 1 is 1.31 bits per heavy atom. The molecule has 0 spiro atoms. The Labute approximate surface area is 166 Å². The molecule has 3 heterocycles. The number of oxazole rings is 1. The maximum Gasteiger partial charge on any atom is 0.231 e. The summed E-state index contributed by atoms with van der Waals surface area (Å²) >= 11 is 0. The van der Waals surface area contributed by atoms with E-state index in [1.54, 1.807) is 6.20 Å². The number of hydrogen-bond acceptors (Lipinski definition) is 7. The predicted molar refractivity (Wildman–Crippen MR) is 103 cm³/mol. The molecule has 4 aromatic rings. The molecule has 8 nitrogen and oxygen atoms in total. The molecule has 1 aliphatic carbocycles. The summed E-state index contributed by atoms with van der Waals surface area (Å²) in [6, 6.07) is 9.77. The third-order valence-corrected chi connectivity index (χ3v) is 5.11. The molecule has 1 N–H and O–H groups in total. The lowest BCUT2D eigenvalue weighted by atomic mass is 9.92. The van der Waals surface area contributed by atoms with Gasteiger partial charge < -0.3 is 13.9 Å². The molecule has 0 bridgehead atoms. The number of aromatic nitrogens is 4. The van der Waals surface area contributed by atoms with E-state index in [1.807, 2.05) is 24.3 Å². The van der Waals surface area contributed by atoms with Crippen LogP contribution in [0.25, 0.3) is 22.4 Å². The van der Waals surface area contributed by atoms with Crippen molar-refractivity contribution >= 4 is 10.9 Å². The Balaban J connectivity index is 1.51. The predicted octanol–water partition coefficient (Wildman–Crippen LogP) is 3.95. The second-order valence-electron chi connectivity index (χ2n) is 6.85. The summed E-state index contributed by atoms with van der Waals surface area (Å²) in [5, 5.41) is 17.5. The van der Waals surface area contributed by atoms with Gasteiger partial charge in [0.25, 0.3) is 0 Å². The Morgan fingerprint density at radius 3 is 3.03 bits per heavy atom. The van der Waals surface area contributed by atoms with Crippen molar-refractivity contribution in [3.8, 4) is 29.2 Å². The van der Waals surface area contributed by atoms with E-state index in [2.05, 4.69) is 26.2 Å². The van der Waals surface area contributed by atoms with Crippen molar-refractivity contribution in [2.45, 2.75) is 25.4 Å². The fraction of sp³-hybridized carbons (Fsp3) is 0.238. The summed E-state index contributed by atoms with van der Waals surface area (Å²) in [5.74, 6) is 1.63. The Hall–Kier alpha value is -3.86. The average Bonchev–Trinajstić information content (AvgIpc) is 3.42. The van der Waals surface area contributed by atoms with Crippen LogP contribution in [-0.2, 0) is 6.42 Å². The topological polar surface area (TPSA) is 110 Å². The molecule has 0 unspecified atom stereocenters. The maximum atomic E-state index is 9.31. The van der Waals surface area contributed by atoms with Gasteiger partial charge >= 0.3 is 0 Å². The SMILES string of the molecule is COc1nc2c(cc1C#N)CCC[C@H]2Oc1ccc2[nH]nc(-c3cnco3)c2c1. The van der Waals surface area contributed by atoms with Crippen molar-refractivity contribution in [1.82, 2.24) is 20.2 Å². The van der Waals surface area contributed by atoms with Gasteiger partial charge in [-0.2, -0.15) is 10.4 Å². The number of hydrogen-bond donors (Lipinski definition) is 1. The summed E-state index contributed by atoms with van der Waals surface area (Å²) in [4.78, 5) is 8.54. The highest BCUT2D eigenvalue weighted by Crippen LogP contribution is 2.36. The molecule has 0 radical (unpaired) electrons. The molecule has 0 fully saturated rings. The van der Waals surface area contributed by atoms with E-state index in [1.165, 1.54) is 13.5 Å². The molecular formula is C21H17N5O3. The second kappa shape index (κ2) is 6.95. The zero-order valence-corrected chi connectivity index (χ0v) is 15.7. The first kappa shape index (κ1) is 17.3. The Bertz CT molecular complexity index is 1220. The summed E-state index contributed by atoms with van der Waals surface area (Å²) in [6.07, 6.45) is 5.48. The van der Waals surface area contributed by atoms with Gasteiger partial charge in [-0.25, -0.2) is 9.97 Å². The van der Waals surface area contributed by atoms with Crippen LogP contribution in [0.2, 0.25) is 0 Å². The first-order valence-electron chi connectivity index (χ1n) is 9.28. The minimum absolute atomic E-state index is 0.210. The number of rotatable bonds is 4. The number of H-pyrrole nitrogens is 1. The quantitative estimate of drug-likeness (QED) is 0.564. The summed E-state index contributed by atoms with van der Waals surface area (Å²) in [6.45, 7) is 0. The molecule has 144 valence electrons. The number of aromatic amines is 1. The largest absolute Gasteiger partial charge is 0.484 e. The van der Waals surface area contributed by atoms with Gasteiger partial charge in [-0.3, -0.25) is 5.10 Å². The highest BCUT2D eigenvalue weighted by Gasteiger charge is 2.26. The van der Waals surface area contributed by atoms with Crippen molar-refractivity contribution in [3.63, 3.8) is 0 Å². The van der Waals surface area contributed by atoms with Crippen LogP contribution in [0.3, 0.4) is 0 Å². The molecule has 0 aliphatic heterocycles. The third-order valence-electron chi connectivity index (χ3n) is 5.11. The van der Waals surface area contributed by atoms with Gasteiger partial charge in [0, 0.05) is 5.39 Å². The molecule has 8 heteroatoms. The van der Waals surface area contributed by atoms with E-state index in [0.29, 0.717) is 28.6 Å². The van der Waals surface area contributed by atoms with Gasteiger partial charge in [-0.15, -0.1) is 0 Å². The van der Waals surface area contributed by atoms with Crippen molar-refractivity contribution in [2.75, 3.05) is 7.11 Å². The molecule has 1 aliphatic rings. The number of aryl methyl sites for hydroxylation is 1. The molecule has 5 rings (SSSR count). The number of nitrogens with zero attached hydrogens (tertiary/aromatic N) is 4. The Morgan fingerprint density at radius 2 is 2.24 bits per heavy atom. The maximum absolute atomic E-state index is 9.31. The van der Waals surface area contributed by atoms with Crippen LogP contribution >= 0.6 is 0 Å². The number of ether oxygens (including phenoxy) is 2. The van der Waals surface area contributed by atoms with Crippen molar-refractivity contribution < 1.29 is 13.9 Å². The normalized spacial score (nSPS) is 15.7. The van der Waals surface area contributed by atoms with E-state index in [9.17, 15) is 5.26 Å².